The molecule has 0 unspecified atom stereocenters. The third-order valence-corrected chi connectivity index (χ3v) is 2.15. The van der Waals surface area contributed by atoms with E-state index in [0.717, 1.165) is 11.3 Å². The minimum atomic E-state index is 0.0448. The zero-order valence-electron chi connectivity index (χ0n) is 9.10. The summed E-state index contributed by atoms with van der Waals surface area (Å²) in [6.45, 7) is 2.37. The summed E-state index contributed by atoms with van der Waals surface area (Å²) in [5, 5.41) is 15.9. The number of thiocarbonyl (C=S) groups is 1. The van der Waals surface area contributed by atoms with Crippen LogP contribution in [-0.4, -0.2) is 29.1 Å². The topological polar surface area (TPSA) is 56.7 Å². The van der Waals surface area contributed by atoms with Crippen LogP contribution in [0.3, 0.4) is 0 Å². The number of benzene rings is 1. The van der Waals surface area contributed by atoms with Crippen molar-refractivity contribution in [2.24, 2.45) is 5.10 Å². The quantitative estimate of drug-likeness (QED) is 0.413. The number of aliphatic hydroxyl groups excluding tert-OH is 1. The molecule has 0 amide bonds. The molecule has 0 aliphatic rings. The Kier molecular flexibility index (Phi) is 5.45. The molecule has 16 heavy (non-hydrogen) atoms. The van der Waals surface area contributed by atoms with Crippen molar-refractivity contribution in [3.8, 4) is 0 Å². The molecule has 0 saturated carbocycles. The van der Waals surface area contributed by atoms with E-state index >= 15 is 0 Å². The summed E-state index contributed by atoms with van der Waals surface area (Å²) in [4.78, 5) is 0. The van der Waals surface area contributed by atoms with E-state index in [9.17, 15) is 0 Å². The second-order valence-corrected chi connectivity index (χ2v) is 3.56. The van der Waals surface area contributed by atoms with Crippen LogP contribution in [0.2, 0.25) is 0 Å². The highest BCUT2D eigenvalue weighted by Gasteiger charge is 1.96. The molecular formula is C11H15N3OS. The molecule has 0 aromatic heterocycles. The number of hydrogen-bond donors (Lipinski definition) is 3. The van der Waals surface area contributed by atoms with Crippen molar-refractivity contribution in [1.82, 2.24) is 10.7 Å². The fourth-order valence-electron chi connectivity index (χ4n) is 1.09. The van der Waals surface area contributed by atoms with E-state index in [2.05, 4.69) is 15.8 Å². The van der Waals surface area contributed by atoms with Crippen LogP contribution in [0, 0.1) is 0 Å². The summed E-state index contributed by atoms with van der Waals surface area (Å²) in [5.41, 5.74) is 4.61. The van der Waals surface area contributed by atoms with E-state index in [0.29, 0.717) is 11.7 Å². The first kappa shape index (κ1) is 12.6. The molecule has 1 aromatic rings. The number of aliphatic hydroxyl groups is 1. The molecule has 0 spiro atoms. The van der Waals surface area contributed by atoms with Crippen LogP contribution in [0.1, 0.15) is 12.5 Å². The Labute approximate surface area is 100 Å². The van der Waals surface area contributed by atoms with Gasteiger partial charge in [0.25, 0.3) is 0 Å². The van der Waals surface area contributed by atoms with Gasteiger partial charge in [-0.05, 0) is 24.7 Å². The summed E-state index contributed by atoms with van der Waals surface area (Å²) in [6.07, 6.45) is 0. The zero-order valence-corrected chi connectivity index (χ0v) is 9.92. The van der Waals surface area contributed by atoms with Gasteiger partial charge in [-0.15, -0.1) is 0 Å². The van der Waals surface area contributed by atoms with E-state index in [1.165, 1.54) is 0 Å². The van der Waals surface area contributed by atoms with Gasteiger partial charge in [-0.25, -0.2) is 0 Å². The lowest BCUT2D eigenvalue weighted by Gasteiger charge is -2.06. The number of rotatable bonds is 4. The molecule has 1 rings (SSSR count). The molecule has 86 valence electrons. The monoisotopic (exact) mass is 237 g/mol. The molecule has 0 saturated heterocycles. The van der Waals surface area contributed by atoms with Gasteiger partial charge in [-0.3, -0.25) is 5.43 Å². The van der Waals surface area contributed by atoms with Gasteiger partial charge in [0, 0.05) is 6.54 Å². The number of hydrogen-bond acceptors (Lipinski definition) is 3. The van der Waals surface area contributed by atoms with Crippen LogP contribution in [0.15, 0.2) is 35.4 Å². The fraction of sp³-hybridized carbons (Fsp3) is 0.273. The normalized spacial score (nSPS) is 11.0. The Bertz CT molecular complexity index is 365. The highest BCUT2D eigenvalue weighted by Crippen LogP contribution is 1.99. The zero-order chi connectivity index (χ0) is 11.8. The van der Waals surface area contributed by atoms with E-state index in [-0.39, 0.29) is 6.61 Å². The molecule has 0 atom stereocenters. The first-order chi connectivity index (χ1) is 7.74. The highest BCUT2D eigenvalue weighted by molar-refractivity contribution is 7.80. The molecule has 0 aliphatic heterocycles. The summed E-state index contributed by atoms with van der Waals surface area (Å²) >= 11 is 4.95. The fourth-order valence-corrected chi connectivity index (χ4v) is 1.24. The molecular weight excluding hydrogens is 222 g/mol. The lowest BCUT2D eigenvalue weighted by molar-refractivity contribution is 0.300. The van der Waals surface area contributed by atoms with Gasteiger partial charge in [-0.1, -0.05) is 30.3 Å². The Hall–Kier alpha value is -1.46. The molecule has 0 bridgehead atoms. The average molecular weight is 237 g/mol. The third-order valence-electron chi connectivity index (χ3n) is 1.91. The Balaban J connectivity index is 2.48. The largest absolute Gasteiger partial charge is 0.395 e. The van der Waals surface area contributed by atoms with Crippen LogP contribution < -0.4 is 10.7 Å². The molecule has 1 aromatic carbocycles. The van der Waals surface area contributed by atoms with Crippen molar-refractivity contribution in [3.05, 3.63) is 35.9 Å². The standard InChI is InChI=1S/C11H15N3OS/c1-9(10-5-3-2-4-6-10)13-14-11(16)12-7-8-15/h2-6,15H,7-8H2,1H3,(H2,12,14,16)/b13-9-. The van der Waals surface area contributed by atoms with Gasteiger partial charge in [0.1, 0.15) is 0 Å². The highest BCUT2D eigenvalue weighted by atomic mass is 32.1. The predicted molar refractivity (Wildman–Crippen MR) is 69.5 cm³/mol. The molecule has 4 nitrogen and oxygen atoms in total. The molecule has 0 aliphatic carbocycles. The lowest BCUT2D eigenvalue weighted by Crippen LogP contribution is -2.34. The van der Waals surface area contributed by atoms with Crippen LogP contribution in [0.5, 0.6) is 0 Å². The maximum atomic E-state index is 8.58. The number of nitrogens with one attached hydrogen (secondary N) is 2. The van der Waals surface area contributed by atoms with E-state index in [4.69, 9.17) is 17.3 Å². The van der Waals surface area contributed by atoms with Gasteiger partial charge >= 0.3 is 0 Å². The first-order valence-corrected chi connectivity index (χ1v) is 5.39. The molecule has 3 N–H and O–H groups in total. The van der Waals surface area contributed by atoms with Crippen LogP contribution in [-0.2, 0) is 0 Å². The van der Waals surface area contributed by atoms with Gasteiger partial charge in [-0.2, -0.15) is 5.10 Å². The third kappa shape index (κ3) is 4.37. The van der Waals surface area contributed by atoms with E-state index < -0.39 is 0 Å². The van der Waals surface area contributed by atoms with Crippen LogP contribution in [0.25, 0.3) is 0 Å². The maximum absolute atomic E-state index is 8.58. The average Bonchev–Trinajstić information content (AvgIpc) is 2.34. The van der Waals surface area contributed by atoms with Crippen molar-refractivity contribution in [3.63, 3.8) is 0 Å². The van der Waals surface area contributed by atoms with Crippen LogP contribution in [0.4, 0.5) is 0 Å². The Morgan fingerprint density at radius 2 is 2.06 bits per heavy atom. The molecule has 0 heterocycles. The SMILES string of the molecule is C/C(=N/NC(=S)NCCO)c1ccccc1. The van der Waals surface area contributed by atoms with Crippen LogP contribution >= 0.6 is 12.2 Å². The van der Waals surface area contributed by atoms with E-state index in [1.54, 1.807) is 0 Å². The number of hydrazone groups is 1. The summed E-state index contributed by atoms with van der Waals surface area (Å²) < 4.78 is 0. The van der Waals surface area contributed by atoms with Gasteiger partial charge in [0.15, 0.2) is 5.11 Å². The van der Waals surface area contributed by atoms with Crippen molar-refractivity contribution in [2.75, 3.05) is 13.2 Å². The summed E-state index contributed by atoms with van der Waals surface area (Å²) in [6, 6.07) is 9.82. The van der Waals surface area contributed by atoms with E-state index in [1.807, 2.05) is 37.3 Å². The van der Waals surface area contributed by atoms with Gasteiger partial charge in [0.05, 0.1) is 12.3 Å². The van der Waals surface area contributed by atoms with Crippen molar-refractivity contribution >= 4 is 23.0 Å². The lowest BCUT2D eigenvalue weighted by atomic mass is 10.1. The molecule has 0 fully saturated rings. The summed E-state index contributed by atoms with van der Waals surface area (Å²) in [5.74, 6) is 0. The predicted octanol–water partition coefficient (Wildman–Crippen LogP) is 0.867. The van der Waals surface area contributed by atoms with Gasteiger partial charge in [0.2, 0.25) is 0 Å². The Morgan fingerprint density at radius 1 is 1.38 bits per heavy atom. The summed E-state index contributed by atoms with van der Waals surface area (Å²) in [7, 11) is 0. The second-order valence-electron chi connectivity index (χ2n) is 3.15. The van der Waals surface area contributed by atoms with Crippen molar-refractivity contribution < 1.29 is 5.11 Å². The maximum Gasteiger partial charge on any atom is 0.187 e. The van der Waals surface area contributed by atoms with Gasteiger partial charge < -0.3 is 10.4 Å². The minimum Gasteiger partial charge on any atom is -0.395 e. The van der Waals surface area contributed by atoms with Crippen molar-refractivity contribution in [1.29, 1.82) is 0 Å². The molecule has 0 radical (unpaired) electrons. The second kappa shape index (κ2) is 6.92. The van der Waals surface area contributed by atoms with Crippen molar-refractivity contribution in [2.45, 2.75) is 6.92 Å². The first-order valence-electron chi connectivity index (χ1n) is 4.98. The number of nitrogens with zero attached hydrogens (tertiary/aromatic N) is 1. The smallest absolute Gasteiger partial charge is 0.187 e. The molecule has 5 heteroatoms. The minimum absolute atomic E-state index is 0.0448. The Morgan fingerprint density at radius 3 is 2.69 bits per heavy atom.